The normalized spacial score (nSPS) is 24.5. The first-order valence-electron chi connectivity index (χ1n) is 7.98. The number of nitrogens with one attached hydrogen (secondary N) is 1. The van der Waals surface area contributed by atoms with Gasteiger partial charge in [0.05, 0.1) is 13.2 Å². The second kappa shape index (κ2) is 8.74. The lowest BCUT2D eigenvalue weighted by atomic mass is 9.95. The van der Waals surface area contributed by atoms with Gasteiger partial charge >= 0.3 is 0 Å². The summed E-state index contributed by atoms with van der Waals surface area (Å²) >= 11 is 0. The highest BCUT2D eigenvalue weighted by atomic mass is 35.5. The zero-order chi connectivity index (χ0) is 13.6. The number of nitrogens with zero attached hydrogens (tertiary/aromatic N) is 1. The Bertz CT molecular complexity index is 395. The Hall–Kier alpha value is -0.610. The largest absolute Gasteiger partial charge is 0.378 e. The minimum absolute atomic E-state index is 0. The van der Waals surface area contributed by atoms with Crippen LogP contribution < -0.4 is 5.32 Å². The van der Waals surface area contributed by atoms with Crippen molar-refractivity contribution in [1.29, 1.82) is 0 Å². The van der Waals surface area contributed by atoms with Crippen LogP contribution in [0.4, 0.5) is 0 Å². The molecule has 3 rings (SSSR count). The second-order valence-corrected chi connectivity index (χ2v) is 6.11. The van der Waals surface area contributed by atoms with E-state index in [1.807, 2.05) is 0 Å². The van der Waals surface area contributed by atoms with Crippen LogP contribution in [-0.4, -0.2) is 50.3 Å². The van der Waals surface area contributed by atoms with Gasteiger partial charge < -0.3 is 10.1 Å². The Kier molecular flexibility index (Phi) is 6.97. The third-order valence-electron chi connectivity index (χ3n) is 4.62. The number of rotatable bonds is 4. The van der Waals surface area contributed by atoms with Crippen molar-refractivity contribution in [3.63, 3.8) is 0 Å². The number of morpholine rings is 1. The maximum Gasteiger partial charge on any atom is 0.0625 e. The van der Waals surface area contributed by atoms with Gasteiger partial charge in [0.15, 0.2) is 0 Å². The Morgan fingerprint density at radius 1 is 1.14 bits per heavy atom. The minimum atomic E-state index is 0. The SMILES string of the molecule is Cl.c1ccc(CC2COCCN2CC2CCNCC2)cc1. The first-order valence-corrected chi connectivity index (χ1v) is 7.98. The number of hydrogen-bond acceptors (Lipinski definition) is 3. The van der Waals surface area contributed by atoms with E-state index < -0.39 is 0 Å². The monoisotopic (exact) mass is 310 g/mol. The van der Waals surface area contributed by atoms with Crippen LogP contribution in [0.5, 0.6) is 0 Å². The van der Waals surface area contributed by atoms with E-state index in [1.54, 1.807) is 0 Å². The summed E-state index contributed by atoms with van der Waals surface area (Å²) in [6.07, 6.45) is 3.77. The molecule has 0 bridgehead atoms. The molecular weight excluding hydrogens is 284 g/mol. The molecule has 2 aliphatic heterocycles. The van der Waals surface area contributed by atoms with E-state index in [1.165, 1.54) is 38.0 Å². The van der Waals surface area contributed by atoms with Crippen LogP contribution >= 0.6 is 12.4 Å². The van der Waals surface area contributed by atoms with Gasteiger partial charge in [0.2, 0.25) is 0 Å². The summed E-state index contributed by atoms with van der Waals surface area (Å²) in [5.74, 6) is 0.868. The number of hydrogen-bond donors (Lipinski definition) is 1. The summed E-state index contributed by atoms with van der Waals surface area (Å²) < 4.78 is 5.72. The quantitative estimate of drug-likeness (QED) is 0.924. The highest BCUT2D eigenvalue weighted by molar-refractivity contribution is 5.85. The summed E-state index contributed by atoms with van der Waals surface area (Å²) in [4.78, 5) is 2.67. The van der Waals surface area contributed by atoms with E-state index in [0.29, 0.717) is 6.04 Å². The molecule has 21 heavy (non-hydrogen) atoms. The van der Waals surface area contributed by atoms with Crippen LogP contribution in [0.25, 0.3) is 0 Å². The van der Waals surface area contributed by atoms with Crippen molar-refractivity contribution in [2.45, 2.75) is 25.3 Å². The molecule has 0 aromatic heterocycles. The molecule has 2 aliphatic rings. The van der Waals surface area contributed by atoms with Crippen molar-refractivity contribution >= 4 is 12.4 Å². The predicted molar refractivity (Wildman–Crippen MR) is 89.2 cm³/mol. The van der Waals surface area contributed by atoms with Gasteiger partial charge in [0.25, 0.3) is 0 Å². The molecule has 4 heteroatoms. The molecule has 118 valence electrons. The van der Waals surface area contributed by atoms with E-state index >= 15 is 0 Å². The number of benzene rings is 1. The molecule has 0 aliphatic carbocycles. The summed E-state index contributed by atoms with van der Waals surface area (Å²) in [6, 6.07) is 11.4. The Balaban J connectivity index is 0.00000161. The second-order valence-electron chi connectivity index (χ2n) is 6.11. The minimum Gasteiger partial charge on any atom is -0.378 e. The third-order valence-corrected chi connectivity index (χ3v) is 4.62. The highest BCUT2D eigenvalue weighted by Gasteiger charge is 2.26. The van der Waals surface area contributed by atoms with Gasteiger partial charge in [0, 0.05) is 19.1 Å². The average Bonchev–Trinajstić information content (AvgIpc) is 2.51. The molecule has 3 nitrogen and oxygen atoms in total. The predicted octanol–water partition coefficient (Wildman–Crippen LogP) is 2.35. The van der Waals surface area contributed by atoms with Gasteiger partial charge in [-0.2, -0.15) is 0 Å². The number of piperidine rings is 1. The molecule has 0 radical (unpaired) electrons. The third kappa shape index (κ3) is 4.96. The molecular formula is C17H27ClN2O. The van der Waals surface area contributed by atoms with Crippen molar-refractivity contribution in [3.8, 4) is 0 Å². The Morgan fingerprint density at radius 3 is 2.67 bits per heavy atom. The summed E-state index contributed by atoms with van der Waals surface area (Å²) in [5.41, 5.74) is 1.43. The average molecular weight is 311 g/mol. The van der Waals surface area contributed by atoms with Gasteiger partial charge in [-0.25, -0.2) is 0 Å². The highest BCUT2D eigenvalue weighted by Crippen LogP contribution is 2.19. The molecule has 0 spiro atoms. The molecule has 1 aromatic carbocycles. The molecule has 1 N–H and O–H groups in total. The van der Waals surface area contributed by atoms with Crippen LogP contribution in [0.1, 0.15) is 18.4 Å². The fourth-order valence-corrected chi connectivity index (χ4v) is 3.40. The van der Waals surface area contributed by atoms with Gasteiger partial charge in [-0.15, -0.1) is 12.4 Å². The molecule has 2 heterocycles. The molecule has 1 atom stereocenters. The van der Waals surface area contributed by atoms with E-state index in [-0.39, 0.29) is 12.4 Å². The molecule has 0 saturated carbocycles. The first kappa shape index (κ1) is 16.8. The van der Waals surface area contributed by atoms with Gasteiger partial charge in [-0.3, -0.25) is 4.90 Å². The molecule has 1 unspecified atom stereocenters. The smallest absolute Gasteiger partial charge is 0.0625 e. The lowest BCUT2D eigenvalue weighted by Crippen LogP contribution is -2.49. The van der Waals surface area contributed by atoms with Crippen LogP contribution in [0.3, 0.4) is 0 Å². The van der Waals surface area contributed by atoms with Crippen molar-refractivity contribution in [3.05, 3.63) is 35.9 Å². The first-order chi connectivity index (χ1) is 9.92. The van der Waals surface area contributed by atoms with E-state index in [4.69, 9.17) is 4.74 Å². The maximum atomic E-state index is 5.72. The fraction of sp³-hybridized carbons (Fsp3) is 0.647. The van der Waals surface area contributed by atoms with Crippen LogP contribution in [-0.2, 0) is 11.2 Å². The molecule has 2 fully saturated rings. The Morgan fingerprint density at radius 2 is 1.90 bits per heavy atom. The topological polar surface area (TPSA) is 24.5 Å². The van der Waals surface area contributed by atoms with Crippen molar-refractivity contribution in [2.24, 2.45) is 5.92 Å². The fourth-order valence-electron chi connectivity index (χ4n) is 3.40. The Labute approximate surface area is 134 Å². The zero-order valence-corrected chi connectivity index (χ0v) is 13.5. The van der Waals surface area contributed by atoms with Gasteiger partial charge in [-0.1, -0.05) is 30.3 Å². The zero-order valence-electron chi connectivity index (χ0n) is 12.7. The molecule has 0 amide bonds. The van der Waals surface area contributed by atoms with Crippen LogP contribution in [0.15, 0.2) is 30.3 Å². The summed E-state index contributed by atoms with van der Waals surface area (Å²) in [5, 5.41) is 3.46. The van der Waals surface area contributed by atoms with Gasteiger partial charge in [0.1, 0.15) is 0 Å². The van der Waals surface area contributed by atoms with Crippen molar-refractivity contribution < 1.29 is 4.74 Å². The maximum absolute atomic E-state index is 5.72. The standard InChI is InChI=1S/C17H26N2O.ClH/c1-2-4-15(5-3-1)12-17-14-20-11-10-19(17)13-16-6-8-18-9-7-16;/h1-5,16-18H,6-14H2;1H. The number of ether oxygens (including phenoxy) is 1. The lowest BCUT2D eigenvalue weighted by Gasteiger charge is -2.38. The van der Waals surface area contributed by atoms with E-state index in [0.717, 1.165) is 32.1 Å². The van der Waals surface area contributed by atoms with E-state index in [2.05, 4.69) is 40.5 Å². The molecule has 1 aromatic rings. The summed E-state index contributed by atoms with van der Waals surface area (Å²) in [7, 11) is 0. The van der Waals surface area contributed by atoms with E-state index in [9.17, 15) is 0 Å². The van der Waals surface area contributed by atoms with Crippen molar-refractivity contribution in [1.82, 2.24) is 10.2 Å². The lowest BCUT2D eigenvalue weighted by molar-refractivity contribution is -0.0158. The number of halogens is 1. The van der Waals surface area contributed by atoms with Gasteiger partial charge in [-0.05, 0) is 43.8 Å². The summed E-state index contributed by atoms with van der Waals surface area (Å²) in [6.45, 7) is 6.52. The van der Waals surface area contributed by atoms with Crippen LogP contribution in [0, 0.1) is 5.92 Å². The van der Waals surface area contributed by atoms with Crippen LogP contribution in [0.2, 0.25) is 0 Å². The molecule has 2 saturated heterocycles. The van der Waals surface area contributed by atoms with Crippen molar-refractivity contribution in [2.75, 3.05) is 39.4 Å².